The maximum Gasteiger partial charge on any atom is 0.250 e. The Labute approximate surface area is 79.8 Å². The number of rotatable bonds is 2. The molecule has 2 heterocycles. The molecule has 0 bridgehead atoms. The summed E-state index contributed by atoms with van der Waals surface area (Å²) in [6.07, 6.45) is 3.24. The molecule has 0 spiro atoms. The van der Waals surface area contributed by atoms with E-state index in [0.29, 0.717) is 16.9 Å². The van der Waals surface area contributed by atoms with Gasteiger partial charge in [0.1, 0.15) is 5.65 Å². The zero-order valence-electron chi connectivity index (χ0n) is 7.34. The van der Waals surface area contributed by atoms with Crippen molar-refractivity contribution in [3.05, 3.63) is 35.8 Å². The number of fused-ring (bicyclic) bond motifs is 1. The van der Waals surface area contributed by atoms with Crippen LogP contribution < -0.4 is 5.73 Å². The molecule has 0 aliphatic heterocycles. The molecule has 2 rings (SSSR count). The Morgan fingerprint density at radius 2 is 2.29 bits per heavy atom. The summed E-state index contributed by atoms with van der Waals surface area (Å²) in [5.41, 5.74) is 6.78. The number of hydrogen-bond acceptors (Lipinski definition) is 3. The fourth-order valence-corrected chi connectivity index (χ4v) is 1.27. The number of carbonyl (C=O) groups is 1. The van der Waals surface area contributed by atoms with Crippen LogP contribution in [0.15, 0.2) is 24.5 Å². The molecule has 5 heteroatoms. The normalized spacial score (nSPS) is 10.6. The van der Waals surface area contributed by atoms with Gasteiger partial charge in [0, 0.05) is 12.4 Å². The third-order valence-electron chi connectivity index (χ3n) is 1.95. The SMILES string of the molecule is NC(=O)c1ccc2nc(CO)cn2c1. The van der Waals surface area contributed by atoms with Crippen LogP contribution in [-0.4, -0.2) is 20.4 Å². The molecule has 2 aromatic heterocycles. The van der Waals surface area contributed by atoms with Gasteiger partial charge in [-0.3, -0.25) is 4.79 Å². The Morgan fingerprint density at radius 3 is 2.93 bits per heavy atom. The van der Waals surface area contributed by atoms with Crippen molar-refractivity contribution in [1.29, 1.82) is 0 Å². The van der Waals surface area contributed by atoms with Gasteiger partial charge in [-0.15, -0.1) is 0 Å². The van der Waals surface area contributed by atoms with Gasteiger partial charge in [0.05, 0.1) is 17.9 Å². The van der Waals surface area contributed by atoms with E-state index in [1.165, 1.54) is 0 Å². The summed E-state index contributed by atoms with van der Waals surface area (Å²) in [7, 11) is 0. The lowest BCUT2D eigenvalue weighted by molar-refractivity contribution is 0.1000. The number of hydrogen-bond donors (Lipinski definition) is 2. The van der Waals surface area contributed by atoms with Crippen molar-refractivity contribution in [1.82, 2.24) is 9.38 Å². The Bertz CT molecular complexity index is 490. The van der Waals surface area contributed by atoms with E-state index in [-0.39, 0.29) is 6.61 Å². The lowest BCUT2D eigenvalue weighted by Gasteiger charge is -1.95. The van der Waals surface area contributed by atoms with Crippen LogP contribution in [-0.2, 0) is 6.61 Å². The highest BCUT2D eigenvalue weighted by Gasteiger charge is 2.03. The van der Waals surface area contributed by atoms with Crippen LogP contribution in [0.25, 0.3) is 5.65 Å². The predicted octanol–water partition coefficient (Wildman–Crippen LogP) is -0.0745. The third-order valence-corrected chi connectivity index (χ3v) is 1.95. The number of primary amides is 1. The van der Waals surface area contributed by atoms with E-state index in [1.54, 1.807) is 28.9 Å². The Hall–Kier alpha value is -1.88. The summed E-state index contributed by atoms with van der Waals surface area (Å²) in [4.78, 5) is 15.0. The highest BCUT2D eigenvalue weighted by Crippen LogP contribution is 2.07. The molecular weight excluding hydrogens is 182 g/mol. The lowest BCUT2D eigenvalue weighted by atomic mass is 10.3. The summed E-state index contributed by atoms with van der Waals surface area (Å²) in [5, 5.41) is 8.85. The van der Waals surface area contributed by atoms with Crippen LogP contribution >= 0.6 is 0 Å². The lowest BCUT2D eigenvalue weighted by Crippen LogP contribution is -2.11. The molecule has 0 radical (unpaired) electrons. The van der Waals surface area contributed by atoms with Crippen molar-refractivity contribution in [3.63, 3.8) is 0 Å². The van der Waals surface area contributed by atoms with E-state index in [1.807, 2.05) is 0 Å². The van der Waals surface area contributed by atoms with Gasteiger partial charge in [0.25, 0.3) is 0 Å². The zero-order valence-corrected chi connectivity index (χ0v) is 7.34. The quantitative estimate of drug-likeness (QED) is 0.697. The number of nitrogens with two attached hydrogens (primary N) is 1. The maximum absolute atomic E-state index is 10.9. The van der Waals surface area contributed by atoms with Crippen molar-refractivity contribution < 1.29 is 9.90 Å². The Kier molecular flexibility index (Phi) is 1.94. The first-order valence-corrected chi connectivity index (χ1v) is 4.09. The third kappa shape index (κ3) is 1.33. The molecule has 0 aliphatic rings. The molecule has 0 atom stereocenters. The fourth-order valence-electron chi connectivity index (χ4n) is 1.27. The van der Waals surface area contributed by atoms with Crippen molar-refractivity contribution in [3.8, 4) is 0 Å². The standard InChI is InChI=1S/C9H9N3O2/c10-9(14)6-1-2-8-11-7(5-13)4-12(8)3-6/h1-4,13H,5H2,(H2,10,14). The van der Waals surface area contributed by atoms with Gasteiger partial charge in [-0.25, -0.2) is 4.98 Å². The van der Waals surface area contributed by atoms with E-state index in [0.717, 1.165) is 0 Å². The first-order chi connectivity index (χ1) is 6.70. The molecule has 0 saturated carbocycles. The predicted molar refractivity (Wildman–Crippen MR) is 49.6 cm³/mol. The van der Waals surface area contributed by atoms with Crippen molar-refractivity contribution in [2.45, 2.75) is 6.61 Å². The van der Waals surface area contributed by atoms with Gasteiger partial charge in [0.15, 0.2) is 0 Å². The second kappa shape index (κ2) is 3.12. The average molecular weight is 191 g/mol. The van der Waals surface area contributed by atoms with E-state index in [9.17, 15) is 4.79 Å². The van der Waals surface area contributed by atoms with Crippen molar-refractivity contribution in [2.24, 2.45) is 5.73 Å². The van der Waals surface area contributed by atoms with Gasteiger partial charge in [0.2, 0.25) is 5.91 Å². The van der Waals surface area contributed by atoms with E-state index >= 15 is 0 Å². The van der Waals surface area contributed by atoms with E-state index in [2.05, 4.69) is 4.98 Å². The molecule has 0 unspecified atom stereocenters. The van der Waals surface area contributed by atoms with Crippen LogP contribution in [0.5, 0.6) is 0 Å². The van der Waals surface area contributed by atoms with Crippen LogP contribution in [0.1, 0.15) is 16.1 Å². The Morgan fingerprint density at radius 1 is 1.50 bits per heavy atom. The second-order valence-corrected chi connectivity index (χ2v) is 2.94. The highest BCUT2D eigenvalue weighted by molar-refractivity contribution is 5.92. The number of pyridine rings is 1. The molecule has 2 aromatic rings. The largest absolute Gasteiger partial charge is 0.390 e. The first-order valence-electron chi connectivity index (χ1n) is 4.09. The molecule has 14 heavy (non-hydrogen) atoms. The van der Waals surface area contributed by atoms with Gasteiger partial charge in [-0.2, -0.15) is 0 Å². The molecule has 0 saturated heterocycles. The number of aromatic nitrogens is 2. The molecule has 72 valence electrons. The van der Waals surface area contributed by atoms with Gasteiger partial charge in [-0.05, 0) is 12.1 Å². The number of aliphatic hydroxyl groups is 1. The molecule has 0 aromatic carbocycles. The summed E-state index contributed by atoms with van der Waals surface area (Å²) in [6, 6.07) is 3.28. The number of carbonyl (C=O) groups excluding carboxylic acids is 1. The minimum absolute atomic E-state index is 0.117. The summed E-state index contributed by atoms with van der Waals surface area (Å²) in [6.45, 7) is -0.117. The summed E-state index contributed by atoms with van der Waals surface area (Å²) in [5.74, 6) is -0.480. The summed E-state index contributed by atoms with van der Waals surface area (Å²) < 4.78 is 1.66. The molecule has 0 aliphatic carbocycles. The zero-order chi connectivity index (χ0) is 10.1. The number of imidazole rings is 1. The molecule has 1 amide bonds. The van der Waals surface area contributed by atoms with Crippen LogP contribution in [0.2, 0.25) is 0 Å². The monoisotopic (exact) mass is 191 g/mol. The molecular formula is C9H9N3O2. The van der Waals surface area contributed by atoms with Crippen molar-refractivity contribution >= 4 is 11.6 Å². The van der Waals surface area contributed by atoms with Crippen molar-refractivity contribution in [2.75, 3.05) is 0 Å². The van der Waals surface area contributed by atoms with E-state index in [4.69, 9.17) is 10.8 Å². The molecule has 5 nitrogen and oxygen atoms in total. The van der Waals surface area contributed by atoms with Gasteiger partial charge >= 0.3 is 0 Å². The summed E-state index contributed by atoms with van der Waals surface area (Å²) >= 11 is 0. The smallest absolute Gasteiger partial charge is 0.250 e. The highest BCUT2D eigenvalue weighted by atomic mass is 16.3. The van der Waals surface area contributed by atoms with Crippen LogP contribution in [0, 0.1) is 0 Å². The van der Waals surface area contributed by atoms with Gasteiger partial charge < -0.3 is 15.2 Å². The Balaban J connectivity index is 2.59. The topological polar surface area (TPSA) is 80.6 Å². The second-order valence-electron chi connectivity index (χ2n) is 2.94. The average Bonchev–Trinajstić information content (AvgIpc) is 2.58. The number of amides is 1. The van der Waals surface area contributed by atoms with E-state index < -0.39 is 5.91 Å². The minimum atomic E-state index is -0.480. The number of nitrogens with zero attached hydrogens (tertiary/aromatic N) is 2. The maximum atomic E-state index is 10.9. The molecule has 3 N–H and O–H groups in total. The fraction of sp³-hybridized carbons (Fsp3) is 0.111. The van der Waals surface area contributed by atoms with Crippen LogP contribution in [0.4, 0.5) is 0 Å². The molecule has 0 fully saturated rings. The van der Waals surface area contributed by atoms with Crippen LogP contribution in [0.3, 0.4) is 0 Å². The first kappa shape index (κ1) is 8.71. The minimum Gasteiger partial charge on any atom is -0.390 e. The van der Waals surface area contributed by atoms with Gasteiger partial charge in [-0.1, -0.05) is 0 Å². The number of aliphatic hydroxyl groups excluding tert-OH is 1.